The first-order valence-corrected chi connectivity index (χ1v) is 7.63. The van der Waals surface area contributed by atoms with Crippen molar-refractivity contribution in [2.75, 3.05) is 14.2 Å². The number of ether oxygens (including phenoxy) is 1. The molecule has 108 valence electrons. The molecule has 2 aromatic rings. The Morgan fingerprint density at radius 3 is 2.75 bits per heavy atom. The zero-order chi connectivity index (χ0) is 14.5. The molecule has 1 heterocycles. The van der Waals surface area contributed by atoms with Crippen molar-refractivity contribution in [1.82, 2.24) is 4.90 Å². The van der Waals surface area contributed by atoms with E-state index < -0.39 is 0 Å². The van der Waals surface area contributed by atoms with Crippen molar-refractivity contribution < 1.29 is 4.74 Å². The van der Waals surface area contributed by atoms with Crippen LogP contribution in [0.3, 0.4) is 0 Å². The molecule has 0 radical (unpaired) electrons. The summed E-state index contributed by atoms with van der Waals surface area (Å²) in [7, 11) is 3.85. The highest BCUT2D eigenvalue weighted by Crippen LogP contribution is 2.27. The Morgan fingerprint density at radius 2 is 2.15 bits per heavy atom. The highest BCUT2D eigenvalue weighted by atomic mass is 32.1. The molecule has 1 aromatic heterocycles. The van der Waals surface area contributed by atoms with Crippen molar-refractivity contribution in [2.45, 2.75) is 26.1 Å². The predicted octanol–water partition coefficient (Wildman–Crippen LogP) is 3.41. The van der Waals surface area contributed by atoms with Gasteiger partial charge >= 0.3 is 0 Å². The Balaban J connectivity index is 2.16. The Hall–Kier alpha value is -1.36. The molecule has 4 heteroatoms. The Morgan fingerprint density at radius 1 is 1.35 bits per heavy atom. The van der Waals surface area contributed by atoms with Crippen LogP contribution in [-0.4, -0.2) is 19.1 Å². The summed E-state index contributed by atoms with van der Waals surface area (Å²) in [6, 6.07) is 10.8. The average molecular weight is 290 g/mol. The molecule has 0 amide bonds. The lowest BCUT2D eigenvalue weighted by molar-refractivity contribution is 0.252. The van der Waals surface area contributed by atoms with Gasteiger partial charge in [-0.2, -0.15) is 0 Å². The van der Waals surface area contributed by atoms with Crippen molar-refractivity contribution in [2.24, 2.45) is 5.73 Å². The van der Waals surface area contributed by atoms with E-state index in [4.69, 9.17) is 10.5 Å². The van der Waals surface area contributed by atoms with E-state index in [0.717, 1.165) is 17.9 Å². The van der Waals surface area contributed by atoms with Gasteiger partial charge in [-0.3, -0.25) is 4.90 Å². The Labute approximate surface area is 125 Å². The summed E-state index contributed by atoms with van der Waals surface area (Å²) in [5.74, 6) is 0.924. The maximum absolute atomic E-state index is 5.73. The highest BCUT2D eigenvalue weighted by molar-refractivity contribution is 7.10. The van der Waals surface area contributed by atoms with Crippen molar-refractivity contribution in [3.05, 3.63) is 51.7 Å². The van der Waals surface area contributed by atoms with Crippen LogP contribution in [0.25, 0.3) is 0 Å². The summed E-state index contributed by atoms with van der Waals surface area (Å²) in [6.07, 6.45) is 0. The van der Waals surface area contributed by atoms with Gasteiger partial charge in [0, 0.05) is 29.6 Å². The van der Waals surface area contributed by atoms with Crippen LogP contribution in [0, 0.1) is 0 Å². The summed E-state index contributed by atoms with van der Waals surface area (Å²) in [5.41, 5.74) is 8.04. The molecule has 0 aliphatic carbocycles. The normalized spacial score (nSPS) is 12.7. The number of rotatable bonds is 6. The molecular formula is C16H22N2OS. The lowest BCUT2D eigenvalue weighted by atomic mass is 10.1. The molecule has 2 rings (SSSR count). The van der Waals surface area contributed by atoms with Gasteiger partial charge in [0.1, 0.15) is 5.75 Å². The Bertz CT molecular complexity index is 539. The second-order valence-corrected chi connectivity index (χ2v) is 5.94. The lowest BCUT2D eigenvalue weighted by Gasteiger charge is -2.25. The third-order valence-corrected chi connectivity index (χ3v) is 4.66. The van der Waals surface area contributed by atoms with Gasteiger partial charge < -0.3 is 10.5 Å². The monoisotopic (exact) mass is 290 g/mol. The molecule has 0 fully saturated rings. The van der Waals surface area contributed by atoms with Crippen molar-refractivity contribution in [3.8, 4) is 5.75 Å². The minimum atomic E-state index is 0.390. The van der Waals surface area contributed by atoms with Gasteiger partial charge in [0.2, 0.25) is 0 Å². The van der Waals surface area contributed by atoms with Crippen LogP contribution in [-0.2, 0) is 13.1 Å². The Kier molecular flexibility index (Phi) is 5.17. The van der Waals surface area contributed by atoms with E-state index in [1.165, 1.54) is 10.4 Å². The molecule has 0 saturated heterocycles. The van der Waals surface area contributed by atoms with Gasteiger partial charge in [-0.25, -0.2) is 0 Å². The number of hydrogen-bond donors (Lipinski definition) is 1. The summed E-state index contributed by atoms with van der Waals surface area (Å²) >= 11 is 1.79. The topological polar surface area (TPSA) is 38.5 Å². The second-order valence-electron chi connectivity index (χ2n) is 4.96. The number of benzene rings is 1. The van der Waals surface area contributed by atoms with Crippen molar-refractivity contribution in [3.63, 3.8) is 0 Å². The van der Waals surface area contributed by atoms with Gasteiger partial charge in [-0.1, -0.05) is 12.1 Å². The molecule has 0 spiro atoms. The molecular weight excluding hydrogens is 268 g/mol. The number of thiophene rings is 1. The first kappa shape index (κ1) is 15.0. The van der Waals surface area contributed by atoms with Crippen molar-refractivity contribution in [1.29, 1.82) is 0 Å². The van der Waals surface area contributed by atoms with E-state index in [1.807, 2.05) is 12.1 Å². The second kappa shape index (κ2) is 6.88. The van der Waals surface area contributed by atoms with Gasteiger partial charge in [0.15, 0.2) is 0 Å². The number of nitrogens with two attached hydrogens (primary N) is 1. The van der Waals surface area contributed by atoms with E-state index in [1.54, 1.807) is 18.4 Å². The largest absolute Gasteiger partial charge is 0.496 e. The van der Waals surface area contributed by atoms with Crippen LogP contribution < -0.4 is 10.5 Å². The third-order valence-electron chi connectivity index (χ3n) is 3.62. The van der Waals surface area contributed by atoms with E-state index in [2.05, 4.69) is 42.5 Å². The van der Waals surface area contributed by atoms with Crippen LogP contribution in [0.5, 0.6) is 5.75 Å². The van der Waals surface area contributed by atoms with Crippen LogP contribution in [0.1, 0.15) is 29.0 Å². The maximum Gasteiger partial charge on any atom is 0.123 e. The first-order valence-electron chi connectivity index (χ1n) is 6.75. The zero-order valence-electron chi connectivity index (χ0n) is 12.3. The van der Waals surface area contributed by atoms with Gasteiger partial charge in [0.05, 0.1) is 7.11 Å². The fourth-order valence-corrected chi connectivity index (χ4v) is 3.08. The fourth-order valence-electron chi connectivity index (χ4n) is 2.23. The van der Waals surface area contributed by atoms with E-state index in [-0.39, 0.29) is 0 Å². The van der Waals surface area contributed by atoms with Crippen LogP contribution in [0.2, 0.25) is 0 Å². The van der Waals surface area contributed by atoms with Gasteiger partial charge in [-0.15, -0.1) is 11.3 Å². The molecule has 1 unspecified atom stereocenters. The summed E-state index contributed by atoms with van der Waals surface area (Å²) in [4.78, 5) is 3.70. The molecule has 0 aliphatic rings. The van der Waals surface area contributed by atoms with E-state index >= 15 is 0 Å². The number of hydrogen-bond acceptors (Lipinski definition) is 4. The maximum atomic E-state index is 5.73. The summed E-state index contributed by atoms with van der Waals surface area (Å²) < 4.78 is 5.45. The molecule has 1 atom stereocenters. The average Bonchev–Trinajstić information content (AvgIpc) is 3.00. The molecule has 0 aliphatic heterocycles. The fraction of sp³-hybridized carbons (Fsp3) is 0.375. The predicted molar refractivity (Wildman–Crippen MR) is 85.1 cm³/mol. The minimum absolute atomic E-state index is 0.390. The standard InChI is InChI=1S/C16H22N2OS/c1-12(16-5-4-8-20-16)18(2)11-14-9-13(10-17)6-7-15(14)19-3/h4-9,12H,10-11,17H2,1-3H3. The molecule has 3 nitrogen and oxygen atoms in total. The highest BCUT2D eigenvalue weighted by Gasteiger charge is 2.15. The van der Waals surface area contributed by atoms with Gasteiger partial charge in [0.25, 0.3) is 0 Å². The van der Waals surface area contributed by atoms with Crippen LogP contribution in [0.15, 0.2) is 35.7 Å². The smallest absolute Gasteiger partial charge is 0.123 e. The number of methoxy groups -OCH3 is 1. The van der Waals surface area contributed by atoms with Crippen LogP contribution in [0.4, 0.5) is 0 Å². The quantitative estimate of drug-likeness (QED) is 0.886. The van der Waals surface area contributed by atoms with Crippen molar-refractivity contribution >= 4 is 11.3 Å². The molecule has 0 bridgehead atoms. The van der Waals surface area contributed by atoms with E-state index in [0.29, 0.717) is 12.6 Å². The van der Waals surface area contributed by atoms with Gasteiger partial charge in [-0.05, 0) is 43.1 Å². The van der Waals surface area contributed by atoms with E-state index in [9.17, 15) is 0 Å². The first-order chi connectivity index (χ1) is 9.65. The molecule has 1 aromatic carbocycles. The van der Waals surface area contributed by atoms with Crippen LogP contribution >= 0.6 is 11.3 Å². The SMILES string of the molecule is COc1ccc(CN)cc1CN(C)C(C)c1cccs1. The minimum Gasteiger partial charge on any atom is -0.496 e. The summed E-state index contributed by atoms with van der Waals surface area (Å²) in [6.45, 7) is 3.63. The lowest BCUT2D eigenvalue weighted by Crippen LogP contribution is -2.21. The molecule has 20 heavy (non-hydrogen) atoms. The summed E-state index contributed by atoms with van der Waals surface area (Å²) in [5, 5.41) is 2.12. The molecule has 2 N–H and O–H groups in total. The third kappa shape index (κ3) is 3.39. The molecule has 0 saturated carbocycles. The number of nitrogens with zero attached hydrogens (tertiary/aromatic N) is 1. The zero-order valence-corrected chi connectivity index (χ0v) is 13.1.